The van der Waals surface area contributed by atoms with Crippen LogP contribution in [0.15, 0.2) is 0 Å². The first-order valence-electron chi connectivity index (χ1n) is 5.77. The van der Waals surface area contributed by atoms with Gasteiger partial charge < -0.3 is 4.90 Å². The molecular weight excluding hydrogens is 242 g/mol. The first-order valence-corrected chi connectivity index (χ1v) is 7.17. The molecule has 0 spiro atoms. The third-order valence-electron chi connectivity index (χ3n) is 2.92. The topological polar surface area (TPSA) is 60.9 Å². The van der Waals surface area contributed by atoms with Crippen LogP contribution in [0.3, 0.4) is 0 Å². The van der Waals surface area contributed by atoms with Gasteiger partial charge in [0.1, 0.15) is 0 Å². The van der Waals surface area contributed by atoms with Crippen LogP contribution in [0.5, 0.6) is 0 Å². The summed E-state index contributed by atoms with van der Waals surface area (Å²) in [6.45, 7) is 1.41. The molecule has 0 N–H and O–H groups in total. The molecular formula is C10H21N3O3S. The fourth-order valence-electron chi connectivity index (χ4n) is 1.79. The molecule has 0 unspecified atom stereocenters. The van der Waals surface area contributed by atoms with Crippen molar-refractivity contribution in [2.75, 3.05) is 40.8 Å². The van der Waals surface area contributed by atoms with Crippen molar-refractivity contribution in [1.82, 2.24) is 13.5 Å². The Labute approximate surface area is 103 Å². The molecule has 17 heavy (non-hydrogen) atoms. The number of rotatable bonds is 4. The molecule has 6 nitrogen and oxygen atoms in total. The fraction of sp³-hybridized carbons (Fsp3) is 0.900. The molecule has 1 rings (SSSR count). The molecule has 0 aromatic heterocycles. The Hall–Kier alpha value is -0.660. The van der Waals surface area contributed by atoms with Crippen molar-refractivity contribution < 1.29 is 13.2 Å². The summed E-state index contributed by atoms with van der Waals surface area (Å²) >= 11 is 0. The molecule has 100 valence electrons. The highest BCUT2D eigenvalue weighted by molar-refractivity contribution is 7.86. The van der Waals surface area contributed by atoms with Crippen molar-refractivity contribution >= 4 is 16.1 Å². The molecule has 0 aromatic carbocycles. The number of carbonyl (C=O) groups excluding carboxylic acids is 1. The highest BCUT2D eigenvalue weighted by Gasteiger charge is 2.25. The number of hydrogen-bond acceptors (Lipinski definition) is 3. The van der Waals surface area contributed by atoms with E-state index in [9.17, 15) is 13.2 Å². The van der Waals surface area contributed by atoms with Gasteiger partial charge in [-0.1, -0.05) is 0 Å². The van der Waals surface area contributed by atoms with Crippen LogP contribution in [0, 0.1) is 0 Å². The Bertz CT molecular complexity index is 361. The number of nitrogens with zero attached hydrogens (tertiary/aromatic N) is 3. The van der Waals surface area contributed by atoms with E-state index in [0.29, 0.717) is 0 Å². The van der Waals surface area contributed by atoms with Gasteiger partial charge in [0.05, 0.1) is 6.54 Å². The predicted molar refractivity (Wildman–Crippen MR) is 65.7 cm³/mol. The summed E-state index contributed by atoms with van der Waals surface area (Å²) in [6.07, 6.45) is 3.17. The summed E-state index contributed by atoms with van der Waals surface area (Å²) in [4.78, 5) is 13.6. The second-order valence-electron chi connectivity index (χ2n) is 4.49. The fourth-order valence-corrected chi connectivity index (χ4v) is 2.63. The van der Waals surface area contributed by atoms with Crippen LogP contribution in [0.2, 0.25) is 0 Å². The average Bonchev–Trinajstić information content (AvgIpc) is 2.29. The first-order chi connectivity index (χ1) is 7.85. The monoisotopic (exact) mass is 263 g/mol. The van der Waals surface area contributed by atoms with Gasteiger partial charge in [-0.3, -0.25) is 4.79 Å². The number of hydrogen-bond donors (Lipinski definition) is 0. The highest BCUT2D eigenvalue weighted by atomic mass is 32.2. The van der Waals surface area contributed by atoms with Crippen LogP contribution < -0.4 is 0 Å². The van der Waals surface area contributed by atoms with Crippen LogP contribution in [-0.2, 0) is 15.0 Å². The molecule has 1 saturated heterocycles. The second-order valence-corrected chi connectivity index (χ2v) is 6.74. The molecule has 0 aliphatic carbocycles. The lowest BCUT2D eigenvalue weighted by atomic mass is 10.1. The number of likely N-dealkylation sites (tertiary alicyclic amines) is 1. The Kier molecular flexibility index (Phi) is 4.91. The van der Waals surface area contributed by atoms with Gasteiger partial charge in [0, 0.05) is 34.2 Å². The van der Waals surface area contributed by atoms with Gasteiger partial charge in [-0.2, -0.15) is 17.0 Å². The SMILES string of the molecule is CN(C)S(=O)(=O)N(C)CC(=O)N1CCCCC1. The summed E-state index contributed by atoms with van der Waals surface area (Å²) in [5.41, 5.74) is 0. The van der Waals surface area contributed by atoms with E-state index in [1.807, 2.05) is 0 Å². The first kappa shape index (κ1) is 14.4. The lowest BCUT2D eigenvalue weighted by molar-refractivity contribution is -0.132. The van der Waals surface area contributed by atoms with E-state index in [1.54, 1.807) is 4.90 Å². The molecule has 1 fully saturated rings. The van der Waals surface area contributed by atoms with Crippen LogP contribution in [0.4, 0.5) is 0 Å². The van der Waals surface area contributed by atoms with Gasteiger partial charge in [-0.15, -0.1) is 0 Å². The molecule has 0 bridgehead atoms. The van der Waals surface area contributed by atoms with Crippen molar-refractivity contribution in [3.8, 4) is 0 Å². The van der Waals surface area contributed by atoms with Gasteiger partial charge in [0.25, 0.3) is 10.2 Å². The van der Waals surface area contributed by atoms with Crippen molar-refractivity contribution in [2.24, 2.45) is 0 Å². The van der Waals surface area contributed by atoms with Crippen LogP contribution in [-0.4, -0.2) is 68.6 Å². The molecule has 0 atom stereocenters. The van der Waals surface area contributed by atoms with E-state index in [0.717, 1.165) is 41.0 Å². The second kappa shape index (κ2) is 5.79. The van der Waals surface area contributed by atoms with Gasteiger partial charge in [0.15, 0.2) is 0 Å². The molecule has 0 aromatic rings. The van der Waals surface area contributed by atoms with Gasteiger partial charge in [-0.05, 0) is 19.3 Å². The molecule has 1 amide bonds. The normalized spacial score (nSPS) is 17.8. The maximum absolute atomic E-state index is 11.9. The molecule has 0 radical (unpaired) electrons. The average molecular weight is 263 g/mol. The molecule has 1 aliphatic rings. The quantitative estimate of drug-likeness (QED) is 0.702. The van der Waals surface area contributed by atoms with Crippen molar-refractivity contribution in [2.45, 2.75) is 19.3 Å². The van der Waals surface area contributed by atoms with Crippen molar-refractivity contribution in [1.29, 1.82) is 0 Å². The molecule has 1 aliphatic heterocycles. The summed E-state index contributed by atoms with van der Waals surface area (Å²) in [6, 6.07) is 0. The minimum atomic E-state index is -3.49. The van der Waals surface area contributed by atoms with Gasteiger partial charge in [-0.25, -0.2) is 0 Å². The van der Waals surface area contributed by atoms with Crippen LogP contribution >= 0.6 is 0 Å². The summed E-state index contributed by atoms with van der Waals surface area (Å²) < 4.78 is 25.7. The minimum absolute atomic E-state index is 0.0828. The summed E-state index contributed by atoms with van der Waals surface area (Å²) in [5, 5.41) is 0. The third-order valence-corrected chi connectivity index (χ3v) is 4.76. The maximum atomic E-state index is 11.9. The largest absolute Gasteiger partial charge is 0.342 e. The smallest absolute Gasteiger partial charge is 0.281 e. The van der Waals surface area contributed by atoms with E-state index >= 15 is 0 Å². The number of likely N-dealkylation sites (N-methyl/N-ethyl adjacent to an activating group) is 1. The van der Waals surface area contributed by atoms with E-state index in [-0.39, 0.29) is 12.5 Å². The zero-order valence-electron chi connectivity index (χ0n) is 10.7. The zero-order valence-corrected chi connectivity index (χ0v) is 11.5. The maximum Gasteiger partial charge on any atom is 0.281 e. The van der Waals surface area contributed by atoms with Crippen LogP contribution in [0.1, 0.15) is 19.3 Å². The van der Waals surface area contributed by atoms with E-state index in [1.165, 1.54) is 21.1 Å². The molecule has 1 heterocycles. The van der Waals surface area contributed by atoms with E-state index in [4.69, 9.17) is 0 Å². The molecule has 0 saturated carbocycles. The van der Waals surface area contributed by atoms with Crippen molar-refractivity contribution in [3.63, 3.8) is 0 Å². The Morgan fingerprint density at radius 1 is 1.12 bits per heavy atom. The Morgan fingerprint density at radius 2 is 1.65 bits per heavy atom. The summed E-state index contributed by atoms with van der Waals surface area (Å²) in [7, 11) is 0.847. The zero-order chi connectivity index (χ0) is 13.1. The number of carbonyl (C=O) groups is 1. The summed E-state index contributed by atoms with van der Waals surface area (Å²) in [5.74, 6) is -0.113. The lowest BCUT2D eigenvalue weighted by Crippen LogP contribution is -2.46. The number of amides is 1. The Morgan fingerprint density at radius 3 is 2.12 bits per heavy atom. The van der Waals surface area contributed by atoms with Gasteiger partial charge >= 0.3 is 0 Å². The Balaban J connectivity index is 2.56. The van der Waals surface area contributed by atoms with E-state index in [2.05, 4.69) is 0 Å². The number of piperidine rings is 1. The van der Waals surface area contributed by atoms with Gasteiger partial charge in [0.2, 0.25) is 5.91 Å². The van der Waals surface area contributed by atoms with Crippen molar-refractivity contribution in [3.05, 3.63) is 0 Å². The third kappa shape index (κ3) is 3.65. The highest BCUT2D eigenvalue weighted by Crippen LogP contribution is 2.10. The predicted octanol–water partition coefficient (Wildman–Crippen LogP) is -0.263. The van der Waals surface area contributed by atoms with E-state index < -0.39 is 10.2 Å². The standard InChI is InChI=1S/C10H21N3O3S/c1-11(2)17(15,16)12(3)9-10(14)13-7-5-4-6-8-13/h4-9H2,1-3H3. The minimum Gasteiger partial charge on any atom is -0.342 e. The molecule has 7 heteroatoms. The lowest BCUT2D eigenvalue weighted by Gasteiger charge is -2.29. The van der Waals surface area contributed by atoms with Crippen LogP contribution in [0.25, 0.3) is 0 Å².